The molecule has 0 rings (SSSR count). The maximum absolute atomic E-state index is 11.8. The second kappa shape index (κ2) is 4.97. The Kier molecular flexibility index (Phi) is 4.78. The summed E-state index contributed by atoms with van der Waals surface area (Å²) in [6, 6.07) is 0.266. The molecule has 0 spiro atoms. The van der Waals surface area contributed by atoms with Crippen LogP contribution in [0.3, 0.4) is 0 Å². The lowest BCUT2D eigenvalue weighted by Crippen LogP contribution is -2.51. The summed E-state index contributed by atoms with van der Waals surface area (Å²) < 4.78 is 5.27. The number of ether oxygens (including phenoxy) is 1. The Balaban J connectivity index is 4.20. The van der Waals surface area contributed by atoms with Gasteiger partial charge in [0.05, 0.1) is 6.61 Å². The van der Waals surface area contributed by atoms with E-state index >= 15 is 0 Å². The smallest absolute Gasteiger partial charge is 0.325 e. The summed E-state index contributed by atoms with van der Waals surface area (Å²) in [7, 11) is 0. The second-order valence-corrected chi connectivity index (χ2v) is 6.06. The second-order valence-electron chi connectivity index (χ2n) is 6.06. The van der Waals surface area contributed by atoms with E-state index in [2.05, 4.69) is 5.32 Å². The predicted octanol–water partition coefficient (Wildman–Crippen LogP) is 2.35. The van der Waals surface area contributed by atoms with Crippen molar-refractivity contribution in [2.75, 3.05) is 6.61 Å². The van der Waals surface area contributed by atoms with E-state index in [-0.39, 0.29) is 17.4 Å². The molecule has 0 unspecified atom stereocenters. The molecule has 0 aromatic carbocycles. The van der Waals surface area contributed by atoms with Gasteiger partial charge < -0.3 is 10.1 Å². The van der Waals surface area contributed by atoms with Crippen molar-refractivity contribution in [1.29, 1.82) is 0 Å². The van der Waals surface area contributed by atoms with Gasteiger partial charge in [0.15, 0.2) is 0 Å². The molecule has 90 valence electrons. The Morgan fingerprint density at radius 2 is 1.67 bits per heavy atom. The zero-order valence-electron chi connectivity index (χ0n) is 11.1. The van der Waals surface area contributed by atoms with Crippen LogP contribution in [-0.2, 0) is 9.53 Å². The number of hydrogen-bond acceptors (Lipinski definition) is 3. The highest BCUT2D eigenvalue weighted by molar-refractivity contribution is 5.79. The molecule has 0 radical (unpaired) electrons. The summed E-state index contributed by atoms with van der Waals surface area (Å²) in [4.78, 5) is 11.8. The maximum atomic E-state index is 11.8. The Hall–Kier alpha value is -0.570. The Morgan fingerprint density at radius 1 is 1.20 bits per heavy atom. The molecular formula is C12H25NO2. The van der Waals surface area contributed by atoms with E-state index in [4.69, 9.17) is 4.74 Å². The molecule has 0 aliphatic rings. The van der Waals surface area contributed by atoms with Gasteiger partial charge in [-0.3, -0.25) is 4.79 Å². The lowest BCUT2D eigenvalue weighted by molar-refractivity contribution is -0.153. The molecule has 0 aromatic rings. The molecule has 0 aliphatic carbocycles. The van der Waals surface area contributed by atoms with Crippen LogP contribution in [0.2, 0.25) is 0 Å². The van der Waals surface area contributed by atoms with Crippen molar-refractivity contribution < 1.29 is 9.53 Å². The molecule has 3 heteroatoms. The highest BCUT2D eigenvalue weighted by Gasteiger charge is 2.30. The van der Waals surface area contributed by atoms with Gasteiger partial charge in [-0.1, -0.05) is 20.8 Å². The summed E-state index contributed by atoms with van der Waals surface area (Å²) in [6.45, 7) is 14.3. The number of carbonyl (C=O) groups excluding carboxylic acids is 1. The fourth-order valence-corrected chi connectivity index (χ4v) is 1.24. The molecule has 0 saturated heterocycles. The first-order valence-corrected chi connectivity index (χ1v) is 5.49. The number of carbonyl (C=O) groups is 1. The van der Waals surface area contributed by atoms with Crippen molar-refractivity contribution in [2.24, 2.45) is 5.41 Å². The van der Waals surface area contributed by atoms with Crippen LogP contribution in [0.25, 0.3) is 0 Å². The van der Waals surface area contributed by atoms with E-state index in [0.29, 0.717) is 6.61 Å². The number of rotatable bonds is 4. The van der Waals surface area contributed by atoms with E-state index in [9.17, 15) is 4.79 Å². The van der Waals surface area contributed by atoms with Gasteiger partial charge in [0.1, 0.15) is 5.54 Å². The highest BCUT2D eigenvalue weighted by Crippen LogP contribution is 2.15. The Bertz CT molecular complexity index is 214. The standard InChI is InChI=1S/C12H25NO2/c1-9(2)13-12(6,7)10(14)15-8-11(3,4)5/h9,13H,8H2,1-7H3. The van der Waals surface area contributed by atoms with Crippen LogP contribution in [-0.4, -0.2) is 24.2 Å². The number of hydrogen-bond donors (Lipinski definition) is 1. The van der Waals surface area contributed by atoms with Crippen LogP contribution in [0.4, 0.5) is 0 Å². The fourth-order valence-electron chi connectivity index (χ4n) is 1.24. The molecule has 3 nitrogen and oxygen atoms in total. The van der Waals surface area contributed by atoms with Crippen molar-refractivity contribution >= 4 is 5.97 Å². The summed E-state index contributed by atoms with van der Waals surface area (Å²) in [5, 5.41) is 3.18. The molecule has 0 amide bonds. The summed E-state index contributed by atoms with van der Waals surface area (Å²) >= 11 is 0. The molecule has 0 bridgehead atoms. The Morgan fingerprint density at radius 3 is 2.00 bits per heavy atom. The number of nitrogens with one attached hydrogen (secondary N) is 1. The van der Waals surface area contributed by atoms with E-state index < -0.39 is 5.54 Å². The average molecular weight is 215 g/mol. The molecule has 0 fully saturated rings. The molecule has 0 heterocycles. The van der Waals surface area contributed by atoms with Gasteiger partial charge >= 0.3 is 5.97 Å². The average Bonchev–Trinajstić information content (AvgIpc) is 1.95. The van der Waals surface area contributed by atoms with Gasteiger partial charge in [0.25, 0.3) is 0 Å². The van der Waals surface area contributed by atoms with Crippen LogP contribution < -0.4 is 5.32 Å². The zero-order chi connectivity index (χ0) is 12.3. The van der Waals surface area contributed by atoms with Crippen LogP contribution >= 0.6 is 0 Å². The minimum Gasteiger partial charge on any atom is -0.464 e. The Labute approximate surface area is 93.6 Å². The van der Waals surface area contributed by atoms with Crippen LogP contribution in [0.5, 0.6) is 0 Å². The lowest BCUT2D eigenvalue weighted by Gasteiger charge is -2.28. The molecule has 0 aliphatic heterocycles. The zero-order valence-corrected chi connectivity index (χ0v) is 11.1. The minimum absolute atomic E-state index is 0.0174. The van der Waals surface area contributed by atoms with Gasteiger partial charge in [0.2, 0.25) is 0 Å². The first kappa shape index (κ1) is 14.4. The highest BCUT2D eigenvalue weighted by atomic mass is 16.5. The van der Waals surface area contributed by atoms with Crippen molar-refractivity contribution in [3.8, 4) is 0 Å². The van der Waals surface area contributed by atoms with Gasteiger partial charge in [-0.25, -0.2) is 0 Å². The van der Waals surface area contributed by atoms with Gasteiger partial charge in [-0.05, 0) is 33.1 Å². The molecule has 1 N–H and O–H groups in total. The van der Waals surface area contributed by atoms with Crippen molar-refractivity contribution in [1.82, 2.24) is 5.32 Å². The van der Waals surface area contributed by atoms with Crippen LogP contribution in [0.1, 0.15) is 48.5 Å². The number of esters is 1. The quantitative estimate of drug-likeness (QED) is 0.732. The summed E-state index contributed by atoms with van der Waals surface area (Å²) in [5.74, 6) is -0.189. The monoisotopic (exact) mass is 215 g/mol. The van der Waals surface area contributed by atoms with Crippen molar-refractivity contribution in [2.45, 2.75) is 60.0 Å². The summed E-state index contributed by atoms with van der Waals surface area (Å²) in [6.07, 6.45) is 0. The maximum Gasteiger partial charge on any atom is 0.325 e. The van der Waals surface area contributed by atoms with E-state index in [1.54, 1.807) is 0 Å². The van der Waals surface area contributed by atoms with Gasteiger partial charge in [0, 0.05) is 6.04 Å². The molecular weight excluding hydrogens is 190 g/mol. The largest absolute Gasteiger partial charge is 0.464 e. The molecule has 15 heavy (non-hydrogen) atoms. The third kappa shape index (κ3) is 6.50. The van der Waals surface area contributed by atoms with Gasteiger partial charge in [-0.2, -0.15) is 0 Å². The fraction of sp³-hybridized carbons (Fsp3) is 0.917. The predicted molar refractivity (Wildman–Crippen MR) is 62.8 cm³/mol. The van der Waals surface area contributed by atoms with Gasteiger partial charge in [-0.15, -0.1) is 0 Å². The summed E-state index contributed by atoms with van der Waals surface area (Å²) in [5.41, 5.74) is -0.594. The van der Waals surface area contributed by atoms with Crippen molar-refractivity contribution in [3.05, 3.63) is 0 Å². The third-order valence-corrected chi connectivity index (χ3v) is 1.80. The first-order chi connectivity index (χ1) is 6.54. The van der Waals surface area contributed by atoms with Crippen LogP contribution in [0, 0.1) is 5.41 Å². The SMILES string of the molecule is CC(C)NC(C)(C)C(=O)OCC(C)(C)C. The first-order valence-electron chi connectivity index (χ1n) is 5.49. The third-order valence-electron chi connectivity index (χ3n) is 1.80. The van der Waals surface area contributed by atoms with E-state index in [1.165, 1.54) is 0 Å². The minimum atomic E-state index is -0.612. The molecule has 0 saturated carbocycles. The van der Waals surface area contributed by atoms with E-state index in [0.717, 1.165) is 0 Å². The molecule has 0 atom stereocenters. The topological polar surface area (TPSA) is 38.3 Å². The normalized spacial score (nSPS) is 13.1. The van der Waals surface area contributed by atoms with Crippen molar-refractivity contribution in [3.63, 3.8) is 0 Å². The lowest BCUT2D eigenvalue weighted by atomic mass is 9.98. The molecule has 0 aromatic heterocycles. The van der Waals surface area contributed by atoms with Crippen LogP contribution in [0.15, 0.2) is 0 Å². The van der Waals surface area contributed by atoms with E-state index in [1.807, 2.05) is 48.5 Å².